The minimum absolute atomic E-state index is 0.0644. The maximum absolute atomic E-state index is 13.4. The molecule has 43 heavy (non-hydrogen) atoms. The molecule has 1 N–H and O–H groups in total. The number of carbonyl (C=O) groups is 3. The van der Waals surface area contributed by atoms with Crippen molar-refractivity contribution < 1.29 is 28.6 Å². The molecule has 1 heterocycles. The smallest absolute Gasteiger partial charge is 0.331 e. The highest BCUT2D eigenvalue weighted by Crippen LogP contribution is 2.31. The molecule has 1 saturated heterocycles. The Morgan fingerprint density at radius 2 is 1.63 bits per heavy atom. The highest BCUT2D eigenvalue weighted by molar-refractivity contribution is 6.33. The van der Waals surface area contributed by atoms with E-state index in [-0.39, 0.29) is 12.1 Å². The van der Waals surface area contributed by atoms with Gasteiger partial charge in [0.15, 0.2) is 11.5 Å². The number of barbiturate groups is 1. The summed E-state index contributed by atoms with van der Waals surface area (Å²) in [7, 11) is 0. The lowest BCUT2D eigenvalue weighted by Crippen LogP contribution is -2.53. The Kier molecular flexibility index (Phi) is 9.27. The zero-order chi connectivity index (χ0) is 30.3. The van der Waals surface area contributed by atoms with Gasteiger partial charge in [-0.05, 0) is 71.1 Å². The van der Waals surface area contributed by atoms with Crippen molar-refractivity contribution in [1.82, 2.24) is 10.2 Å². The van der Waals surface area contributed by atoms with Gasteiger partial charge in [-0.25, -0.2) is 4.79 Å². The first-order valence-corrected chi connectivity index (χ1v) is 14.4. The average Bonchev–Trinajstić information content (AvgIpc) is 3.00. The van der Waals surface area contributed by atoms with Crippen molar-refractivity contribution in [2.75, 3.05) is 13.2 Å². The second-order valence-corrected chi connectivity index (χ2v) is 10.3. The zero-order valence-electron chi connectivity index (χ0n) is 23.9. The summed E-state index contributed by atoms with van der Waals surface area (Å²) in [6, 6.07) is 23.5. The number of imide groups is 2. The van der Waals surface area contributed by atoms with Gasteiger partial charge in [0.2, 0.25) is 0 Å². The van der Waals surface area contributed by atoms with E-state index < -0.39 is 17.8 Å². The van der Waals surface area contributed by atoms with Gasteiger partial charge >= 0.3 is 6.03 Å². The summed E-state index contributed by atoms with van der Waals surface area (Å²) < 4.78 is 17.4. The van der Waals surface area contributed by atoms with Crippen LogP contribution in [0.5, 0.6) is 17.2 Å². The molecule has 4 aromatic carbocycles. The Morgan fingerprint density at radius 3 is 2.42 bits per heavy atom. The van der Waals surface area contributed by atoms with E-state index in [1.54, 1.807) is 36.4 Å². The monoisotopic (exact) mass is 598 g/mol. The number of hydrogen-bond acceptors (Lipinski definition) is 6. The van der Waals surface area contributed by atoms with Crippen LogP contribution in [-0.2, 0) is 22.7 Å². The summed E-state index contributed by atoms with van der Waals surface area (Å²) >= 11 is 6.52. The first-order valence-electron chi connectivity index (χ1n) is 14.0. The summed E-state index contributed by atoms with van der Waals surface area (Å²) in [6.07, 6.45) is 2.25. The van der Waals surface area contributed by atoms with Gasteiger partial charge in [0.05, 0.1) is 24.8 Å². The van der Waals surface area contributed by atoms with E-state index in [0.29, 0.717) is 53.2 Å². The molecule has 4 amide bonds. The molecule has 1 aliphatic rings. The number of rotatable bonds is 11. The third kappa shape index (κ3) is 6.81. The van der Waals surface area contributed by atoms with Crippen LogP contribution in [0, 0.1) is 0 Å². The Labute approximate surface area is 254 Å². The number of urea groups is 1. The highest BCUT2D eigenvalue weighted by atomic mass is 35.5. The molecule has 0 spiro atoms. The number of amides is 4. The second kappa shape index (κ2) is 13.4. The van der Waals surface area contributed by atoms with Crippen molar-refractivity contribution >= 4 is 46.3 Å². The normalized spacial score (nSPS) is 14.3. The topological polar surface area (TPSA) is 94.2 Å². The van der Waals surface area contributed by atoms with Crippen LogP contribution in [0.3, 0.4) is 0 Å². The molecule has 0 aromatic heterocycles. The van der Waals surface area contributed by atoms with Crippen LogP contribution in [-0.4, -0.2) is 36.0 Å². The maximum Gasteiger partial charge on any atom is 0.331 e. The van der Waals surface area contributed by atoms with Crippen LogP contribution < -0.4 is 19.5 Å². The highest BCUT2D eigenvalue weighted by Gasteiger charge is 2.35. The van der Waals surface area contributed by atoms with Crippen molar-refractivity contribution in [3.63, 3.8) is 0 Å². The van der Waals surface area contributed by atoms with Gasteiger partial charge in [-0.3, -0.25) is 19.8 Å². The van der Waals surface area contributed by atoms with Crippen LogP contribution in [0.4, 0.5) is 4.79 Å². The molecule has 8 nitrogen and oxygen atoms in total. The minimum Gasteiger partial charge on any atom is -0.490 e. The van der Waals surface area contributed by atoms with E-state index in [2.05, 4.69) is 5.32 Å². The van der Waals surface area contributed by atoms with Crippen LogP contribution in [0.15, 0.2) is 84.4 Å². The van der Waals surface area contributed by atoms with Crippen molar-refractivity contribution in [2.24, 2.45) is 0 Å². The second-order valence-electron chi connectivity index (χ2n) is 9.89. The van der Waals surface area contributed by atoms with E-state index in [4.69, 9.17) is 25.8 Å². The molecule has 0 radical (unpaired) electrons. The summed E-state index contributed by atoms with van der Waals surface area (Å²) in [5, 5.41) is 4.79. The predicted molar refractivity (Wildman–Crippen MR) is 165 cm³/mol. The third-order valence-electron chi connectivity index (χ3n) is 6.83. The van der Waals surface area contributed by atoms with Crippen molar-refractivity contribution in [2.45, 2.75) is 33.4 Å². The molecule has 220 valence electrons. The number of nitrogens with zero attached hydrogens (tertiary/aromatic N) is 1. The molecule has 1 fully saturated rings. The maximum atomic E-state index is 13.4. The molecule has 0 atom stereocenters. The van der Waals surface area contributed by atoms with Crippen molar-refractivity contribution in [1.29, 1.82) is 0 Å². The average molecular weight is 599 g/mol. The quantitative estimate of drug-likeness (QED) is 0.149. The fourth-order valence-corrected chi connectivity index (χ4v) is 4.98. The van der Waals surface area contributed by atoms with E-state index >= 15 is 0 Å². The Morgan fingerprint density at radius 1 is 0.837 bits per heavy atom. The van der Waals surface area contributed by atoms with Crippen LogP contribution in [0.1, 0.15) is 37.0 Å². The van der Waals surface area contributed by atoms with Gasteiger partial charge in [0, 0.05) is 0 Å². The molecule has 0 unspecified atom stereocenters. The molecule has 4 aromatic rings. The number of fused-ring (bicyclic) bond motifs is 1. The summed E-state index contributed by atoms with van der Waals surface area (Å²) in [5.41, 5.74) is 1.98. The van der Waals surface area contributed by atoms with Crippen LogP contribution in [0.2, 0.25) is 5.02 Å². The van der Waals surface area contributed by atoms with E-state index in [1.165, 1.54) is 6.08 Å². The Bertz CT molecular complexity index is 1710. The van der Waals surface area contributed by atoms with Crippen LogP contribution >= 0.6 is 11.6 Å². The molecule has 0 bridgehead atoms. The molecule has 9 heteroatoms. The van der Waals surface area contributed by atoms with Gasteiger partial charge in [0.25, 0.3) is 11.8 Å². The molecule has 0 aliphatic carbocycles. The van der Waals surface area contributed by atoms with Crippen LogP contribution in [0.25, 0.3) is 16.8 Å². The van der Waals surface area contributed by atoms with Gasteiger partial charge < -0.3 is 14.2 Å². The lowest BCUT2D eigenvalue weighted by molar-refractivity contribution is -0.130. The first kappa shape index (κ1) is 29.7. The van der Waals surface area contributed by atoms with Gasteiger partial charge in [0.1, 0.15) is 17.9 Å². The van der Waals surface area contributed by atoms with Gasteiger partial charge in [-0.15, -0.1) is 0 Å². The first-order chi connectivity index (χ1) is 20.9. The number of benzene rings is 4. The Balaban J connectivity index is 1.32. The lowest BCUT2D eigenvalue weighted by Gasteiger charge is -2.26. The summed E-state index contributed by atoms with van der Waals surface area (Å²) in [6.45, 7) is 5.07. The van der Waals surface area contributed by atoms with E-state index in [0.717, 1.165) is 27.7 Å². The van der Waals surface area contributed by atoms with E-state index in [9.17, 15) is 14.4 Å². The van der Waals surface area contributed by atoms with Gasteiger partial charge in [-0.2, -0.15) is 0 Å². The molecule has 0 saturated carbocycles. The molecule has 5 rings (SSSR count). The fourth-order valence-electron chi connectivity index (χ4n) is 4.73. The van der Waals surface area contributed by atoms with E-state index in [1.807, 2.05) is 56.3 Å². The number of hydrogen-bond donors (Lipinski definition) is 1. The van der Waals surface area contributed by atoms with Crippen molar-refractivity contribution in [3.05, 3.63) is 106 Å². The SMILES string of the molecule is CCCOc1ccc(CN2C(=O)NC(=O)/C(=C\c3ccc(OCc4cccc5ccccc45)c(Cl)c3)C2=O)cc1OCC. The number of ether oxygens (including phenoxy) is 3. The summed E-state index contributed by atoms with van der Waals surface area (Å²) in [5.74, 6) is 0.0634. The molecular weight excluding hydrogens is 568 g/mol. The zero-order valence-corrected chi connectivity index (χ0v) is 24.6. The number of carbonyl (C=O) groups excluding carboxylic acids is 3. The van der Waals surface area contributed by atoms with Crippen molar-refractivity contribution in [3.8, 4) is 17.2 Å². The number of nitrogens with one attached hydrogen (secondary N) is 1. The fraction of sp³-hybridized carbons (Fsp3) is 0.206. The third-order valence-corrected chi connectivity index (χ3v) is 7.12. The number of halogens is 1. The minimum atomic E-state index is -0.799. The summed E-state index contributed by atoms with van der Waals surface area (Å²) in [4.78, 5) is 39.7. The van der Waals surface area contributed by atoms with Gasteiger partial charge in [-0.1, -0.05) is 73.1 Å². The Hall–Kier alpha value is -4.82. The molecular formula is C34H31ClN2O6. The largest absolute Gasteiger partial charge is 0.490 e. The molecule has 1 aliphatic heterocycles. The standard InChI is InChI=1S/C34H31ClN2O6/c1-3-16-42-30-15-13-23(19-31(30)41-4-2)20-37-33(39)27(32(38)36-34(37)40)17-22-12-14-29(28(35)18-22)43-21-25-10-7-9-24-8-5-6-11-26(24)25/h5-15,17-19H,3-4,16,20-21H2,1-2H3,(H,36,38,40)/b27-17+. The lowest BCUT2D eigenvalue weighted by atomic mass is 10.1. The predicted octanol–water partition coefficient (Wildman–Crippen LogP) is 6.92.